The summed E-state index contributed by atoms with van der Waals surface area (Å²) in [6, 6.07) is 9.32. The van der Waals surface area contributed by atoms with Crippen LogP contribution >= 0.6 is 11.6 Å². The number of hydrogen-bond donors (Lipinski definition) is 1. The molecule has 1 aromatic heterocycles. The van der Waals surface area contributed by atoms with Crippen LogP contribution in [0.4, 0.5) is 8.78 Å². The Labute approximate surface area is 152 Å². The van der Waals surface area contributed by atoms with Gasteiger partial charge in [0, 0.05) is 22.6 Å². The zero-order chi connectivity index (χ0) is 18.4. The number of amides is 1. The summed E-state index contributed by atoms with van der Waals surface area (Å²) in [6.45, 7) is -3.01. The van der Waals surface area contributed by atoms with Crippen LogP contribution < -0.4 is 10.5 Å². The van der Waals surface area contributed by atoms with E-state index < -0.39 is 18.6 Å². The number of hydrogen-bond acceptors (Lipinski definition) is 3. The number of aromatic nitrogens is 2. The Hall–Kier alpha value is -2.67. The second-order valence-corrected chi connectivity index (χ2v) is 6.48. The Morgan fingerprint density at radius 2 is 2.15 bits per heavy atom. The summed E-state index contributed by atoms with van der Waals surface area (Å²) in [5.41, 5.74) is 7.52. The molecule has 1 aliphatic heterocycles. The summed E-state index contributed by atoms with van der Waals surface area (Å²) < 4.78 is 32.4. The average molecular weight is 378 g/mol. The van der Waals surface area contributed by atoms with Gasteiger partial charge < -0.3 is 15.0 Å². The number of nitrogens with zero attached hydrogens (tertiary/aromatic N) is 2. The molecule has 134 valence electrons. The molecule has 0 bridgehead atoms. The zero-order valence-corrected chi connectivity index (χ0v) is 14.2. The first-order valence-electron chi connectivity index (χ1n) is 7.99. The van der Waals surface area contributed by atoms with E-state index in [4.69, 9.17) is 17.3 Å². The van der Waals surface area contributed by atoms with Gasteiger partial charge >= 0.3 is 6.61 Å². The third-order valence-electron chi connectivity index (χ3n) is 4.56. The minimum absolute atomic E-state index is 0.0574. The van der Waals surface area contributed by atoms with E-state index in [1.165, 1.54) is 18.2 Å². The van der Waals surface area contributed by atoms with Crippen LogP contribution in [0.3, 0.4) is 0 Å². The van der Waals surface area contributed by atoms with E-state index in [0.29, 0.717) is 23.4 Å². The minimum atomic E-state index is -3.01. The van der Waals surface area contributed by atoms with Crippen molar-refractivity contribution >= 4 is 28.5 Å². The maximum Gasteiger partial charge on any atom is 0.387 e. The number of imidazole rings is 1. The Morgan fingerprint density at radius 1 is 1.35 bits per heavy atom. The van der Waals surface area contributed by atoms with Gasteiger partial charge in [-0.25, -0.2) is 4.98 Å². The van der Waals surface area contributed by atoms with Gasteiger partial charge in [0.25, 0.3) is 0 Å². The molecule has 8 heteroatoms. The molecule has 1 aliphatic rings. The van der Waals surface area contributed by atoms with Crippen LogP contribution in [-0.2, 0) is 6.42 Å². The number of carbonyl (C=O) groups excluding carboxylic acids is 1. The Kier molecular flexibility index (Phi) is 4.03. The van der Waals surface area contributed by atoms with Crippen molar-refractivity contribution in [3.63, 3.8) is 0 Å². The van der Waals surface area contributed by atoms with Crippen molar-refractivity contribution in [2.24, 2.45) is 5.73 Å². The normalized spacial score (nSPS) is 16.2. The van der Waals surface area contributed by atoms with Crippen LogP contribution in [-0.4, -0.2) is 22.1 Å². The van der Waals surface area contributed by atoms with Gasteiger partial charge in [-0.1, -0.05) is 17.7 Å². The fraction of sp³-hybridized carbons (Fsp3) is 0.222. The molecule has 0 fully saturated rings. The van der Waals surface area contributed by atoms with E-state index in [2.05, 4.69) is 9.72 Å². The van der Waals surface area contributed by atoms with Gasteiger partial charge in [-0.2, -0.15) is 8.78 Å². The molecule has 0 aliphatic carbocycles. The van der Waals surface area contributed by atoms with Crippen LogP contribution in [0, 0.1) is 0 Å². The van der Waals surface area contributed by atoms with Crippen LogP contribution in [0.5, 0.6) is 5.75 Å². The third-order valence-corrected chi connectivity index (χ3v) is 4.79. The summed E-state index contributed by atoms with van der Waals surface area (Å²) in [4.78, 5) is 16.5. The first kappa shape index (κ1) is 16.8. The lowest BCUT2D eigenvalue weighted by molar-refractivity contribution is -0.0507. The predicted molar refractivity (Wildman–Crippen MR) is 92.8 cm³/mol. The zero-order valence-electron chi connectivity index (χ0n) is 13.5. The van der Waals surface area contributed by atoms with Crippen LogP contribution in [0.2, 0.25) is 5.02 Å². The summed E-state index contributed by atoms with van der Waals surface area (Å²) in [5, 5.41) is 0.540. The van der Waals surface area contributed by atoms with Crippen molar-refractivity contribution in [2.75, 3.05) is 0 Å². The summed E-state index contributed by atoms with van der Waals surface area (Å²) in [7, 11) is 0. The minimum Gasteiger partial charge on any atom is -0.434 e. The number of primary amides is 1. The molecule has 4 rings (SSSR count). The van der Waals surface area contributed by atoms with Gasteiger partial charge in [0.2, 0.25) is 5.91 Å². The summed E-state index contributed by atoms with van der Waals surface area (Å²) in [6.07, 6.45) is 1.23. The number of halogens is 3. The maximum atomic E-state index is 12.9. The van der Waals surface area contributed by atoms with Crippen molar-refractivity contribution in [3.8, 4) is 5.75 Å². The van der Waals surface area contributed by atoms with Gasteiger partial charge in [-0.15, -0.1) is 0 Å². The molecule has 26 heavy (non-hydrogen) atoms. The van der Waals surface area contributed by atoms with E-state index in [9.17, 15) is 13.6 Å². The molecule has 0 saturated carbocycles. The van der Waals surface area contributed by atoms with E-state index in [-0.39, 0.29) is 11.3 Å². The number of aryl methyl sites for hydroxylation is 1. The first-order valence-corrected chi connectivity index (χ1v) is 8.37. The van der Waals surface area contributed by atoms with Crippen LogP contribution in [0.1, 0.15) is 34.2 Å². The topological polar surface area (TPSA) is 70.1 Å². The summed E-state index contributed by atoms with van der Waals surface area (Å²) >= 11 is 6.11. The number of benzene rings is 2. The fourth-order valence-electron chi connectivity index (χ4n) is 3.61. The molecule has 2 heterocycles. The lowest BCUT2D eigenvalue weighted by atomic mass is 9.96. The number of alkyl halides is 2. The smallest absolute Gasteiger partial charge is 0.387 e. The molecular formula is C18H14ClF2N3O2. The van der Waals surface area contributed by atoms with E-state index >= 15 is 0 Å². The lowest BCUT2D eigenvalue weighted by Gasteiger charge is -2.21. The Bertz CT molecular complexity index is 1020. The predicted octanol–water partition coefficient (Wildman–Crippen LogP) is 3.93. The van der Waals surface area contributed by atoms with Crippen LogP contribution in [0.15, 0.2) is 36.4 Å². The Morgan fingerprint density at radius 3 is 2.88 bits per heavy atom. The maximum absolute atomic E-state index is 12.9. The highest BCUT2D eigenvalue weighted by Gasteiger charge is 2.32. The van der Waals surface area contributed by atoms with Gasteiger partial charge in [0.15, 0.2) is 0 Å². The van der Waals surface area contributed by atoms with E-state index in [1.54, 1.807) is 18.2 Å². The molecule has 0 saturated heterocycles. The highest BCUT2D eigenvalue weighted by atomic mass is 35.5. The number of ether oxygens (including phenoxy) is 1. The van der Waals surface area contributed by atoms with Crippen molar-refractivity contribution < 1.29 is 18.3 Å². The molecule has 0 radical (unpaired) electrons. The van der Waals surface area contributed by atoms with E-state index in [1.807, 2.05) is 4.57 Å². The van der Waals surface area contributed by atoms with Crippen molar-refractivity contribution in [2.45, 2.75) is 25.5 Å². The first-order chi connectivity index (χ1) is 12.5. The van der Waals surface area contributed by atoms with Gasteiger partial charge in [0.1, 0.15) is 11.6 Å². The van der Waals surface area contributed by atoms with Gasteiger partial charge in [-0.3, -0.25) is 4.79 Å². The Balaban J connectivity index is 1.94. The number of nitrogens with two attached hydrogens (primary N) is 1. The second kappa shape index (κ2) is 6.25. The van der Waals surface area contributed by atoms with Crippen molar-refractivity contribution in [1.29, 1.82) is 0 Å². The molecule has 0 spiro atoms. The number of fused-ring (bicyclic) bond motifs is 3. The van der Waals surface area contributed by atoms with Gasteiger partial charge in [-0.05, 0) is 36.8 Å². The molecule has 1 amide bonds. The van der Waals surface area contributed by atoms with Crippen molar-refractivity contribution in [1.82, 2.24) is 9.55 Å². The van der Waals surface area contributed by atoms with Crippen LogP contribution in [0.25, 0.3) is 11.0 Å². The standard InChI is InChI=1S/C18H14ClF2N3O2/c19-9-4-5-11-13(8-9)24-12(6-7-15(24)23-11)16-10(17(22)25)2-1-3-14(16)26-18(20)21/h1-5,8,12,18H,6-7H2,(H2,22,25)/t12-/m1/s1. The largest absolute Gasteiger partial charge is 0.434 e. The summed E-state index contributed by atoms with van der Waals surface area (Å²) in [5.74, 6) is 0.0446. The molecule has 3 aromatic rings. The molecular weight excluding hydrogens is 364 g/mol. The third kappa shape index (κ3) is 2.68. The van der Waals surface area contributed by atoms with Crippen molar-refractivity contribution in [3.05, 3.63) is 58.4 Å². The highest BCUT2D eigenvalue weighted by molar-refractivity contribution is 6.31. The molecule has 5 nitrogen and oxygen atoms in total. The highest BCUT2D eigenvalue weighted by Crippen LogP contribution is 2.41. The number of rotatable bonds is 4. The lowest BCUT2D eigenvalue weighted by Crippen LogP contribution is -2.19. The quantitative estimate of drug-likeness (QED) is 0.749. The average Bonchev–Trinajstić information content (AvgIpc) is 3.13. The monoisotopic (exact) mass is 377 g/mol. The van der Waals surface area contributed by atoms with E-state index in [0.717, 1.165) is 16.9 Å². The molecule has 0 unspecified atom stereocenters. The molecule has 2 N–H and O–H groups in total. The molecule has 2 aromatic carbocycles. The fourth-order valence-corrected chi connectivity index (χ4v) is 3.78. The number of carbonyl (C=O) groups is 1. The molecule has 1 atom stereocenters. The van der Waals surface area contributed by atoms with Gasteiger partial charge in [0.05, 0.1) is 17.1 Å². The SMILES string of the molecule is NC(=O)c1cccc(OC(F)F)c1[C@H]1CCc2nc3ccc(Cl)cc3n21. The second-order valence-electron chi connectivity index (χ2n) is 6.05.